The van der Waals surface area contributed by atoms with Crippen LogP contribution in [0.5, 0.6) is 0 Å². The summed E-state index contributed by atoms with van der Waals surface area (Å²) >= 11 is 0. The third-order valence-electron chi connectivity index (χ3n) is 4.00. The van der Waals surface area contributed by atoms with Crippen molar-refractivity contribution in [2.24, 2.45) is 0 Å². The fourth-order valence-corrected chi connectivity index (χ4v) is 3.28. The Hall–Kier alpha value is -1.89. The maximum atomic E-state index is 10.9. The molecule has 7 nitrogen and oxygen atoms in total. The number of nitrogen functional groups attached to an aromatic ring is 1. The molecule has 0 amide bonds. The van der Waals surface area contributed by atoms with Crippen molar-refractivity contribution in [2.75, 3.05) is 10.6 Å². The molecule has 2 atom stereocenters. The predicted octanol–water partition coefficient (Wildman–Crippen LogP) is 1.06. The number of rotatable bonds is 2. The standard InChI is InChI=1S/C12H16N4O3/c13-11-5-9(16(18)19)6-12(14-11)15-7-1-2-8(15)4-10(17)3-7/h5-8,10,17H,1-4H2,(H2,13,14). The van der Waals surface area contributed by atoms with Gasteiger partial charge in [-0.3, -0.25) is 10.1 Å². The van der Waals surface area contributed by atoms with Crippen molar-refractivity contribution in [3.05, 3.63) is 22.2 Å². The third-order valence-corrected chi connectivity index (χ3v) is 4.00. The van der Waals surface area contributed by atoms with E-state index < -0.39 is 4.92 Å². The average molecular weight is 264 g/mol. The van der Waals surface area contributed by atoms with Crippen molar-refractivity contribution in [3.8, 4) is 0 Å². The second-order valence-electron chi connectivity index (χ2n) is 5.28. The molecule has 2 bridgehead atoms. The molecular weight excluding hydrogens is 248 g/mol. The van der Waals surface area contributed by atoms with Crippen LogP contribution in [0.1, 0.15) is 25.7 Å². The molecule has 7 heteroatoms. The first kappa shape index (κ1) is 12.2. The molecular formula is C12H16N4O3. The van der Waals surface area contributed by atoms with Gasteiger partial charge >= 0.3 is 0 Å². The van der Waals surface area contributed by atoms with Crippen LogP contribution in [0.2, 0.25) is 0 Å². The summed E-state index contributed by atoms with van der Waals surface area (Å²) in [5.74, 6) is 0.723. The van der Waals surface area contributed by atoms with Gasteiger partial charge in [0.15, 0.2) is 0 Å². The van der Waals surface area contributed by atoms with Gasteiger partial charge in [0.1, 0.15) is 11.6 Å². The Morgan fingerprint density at radius 2 is 2.00 bits per heavy atom. The van der Waals surface area contributed by atoms with Gasteiger partial charge in [-0.05, 0) is 25.7 Å². The zero-order valence-electron chi connectivity index (χ0n) is 10.4. The number of aliphatic hydroxyl groups excluding tert-OH is 1. The Balaban J connectivity index is 1.96. The molecule has 3 heterocycles. The quantitative estimate of drug-likeness (QED) is 0.611. The van der Waals surface area contributed by atoms with E-state index in [1.54, 1.807) is 0 Å². The number of nitrogens with zero attached hydrogens (tertiary/aromatic N) is 3. The van der Waals surface area contributed by atoms with Gasteiger partial charge in [0.25, 0.3) is 5.69 Å². The number of hydrogen-bond acceptors (Lipinski definition) is 6. The molecule has 3 N–H and O–H groups in total. The van der Waals surface area contributed by atoms with Crippen LogP contribution in [0, 0.1) is 10.1 Å². The fraction of sp³-hybridized carbons (Fsp3) is 0.583. The lowest BCUT2D eigenvalue weighted by atomic mass is 10.00. The number of aromatic nitrogens is 1. The lowest BCUT2D eigenvalue weighted by Gasteiger charge is -2.38. The molecule has 102 valence electrons. The summed E-state index contributed by atoms with van der Waals surface area (Å²) < 4.78 is 0. The zero-order chi connectivity index (χ0) is 13.6. The number of hydrogen-bond donors (Lipinski definition) is 2. The van der Waals surface area contributed by atoms with Crippen LogP contribution in [0.4, 0.5) is 17.3 Å². The van der Waals surface area contributed by atoms with E-state index in [9.17, 15) is 15.2 Å². The van der Waals surface area contributed by atoms with E-state index in [1.165, 1.54) is 12.1 Å². The second kappa shape index (κ2) is 4.34. The minimum absolute atomic E-state index is 0.0342. The number of pyridine rings is 1. The molecule has 3 rings (SSSR count). The minimum Gasteiger partial charge on any atom is -0.393 e. The number of nitrogens with two attached hydrogens (primary N) is 1. The number of piperidine rings is 1. The smallest absolute Gasteiger partial charge is 0.276 e. The molecule has 19 heavy (non-hydrogen) atoms. The van der Waals surface area contributed by atoms with Gasteiger partial charge in [0.2, 0.25) is 0 Å². The lowest BCUT2D eigenvalue weighted by Crippen LogP contribution is -2.45. The van der Waals surface area contributed by atoms with E-state index in [0.29, 0.717) is 18.7 Å². The van der Waals surface area contributed by atoms with Crippen LogP contribution in [-0.4, -0.2) is 33.2 Å². The van der Waals surface area contributed by atoms with Crippen molar-refractivity contribution in [2.45, 2.75) is 43.9 Å². The van der Waals surface area contributed by atoms with E-state index in [1.807, 2.05) is 0 Å². The Morgan fingerprint density at radius 3 is 2.58 bits per heavy atom. The van der Waals surface area contributed by atoms with Gasteiger partial charge in [0, 0.05) is 12.1 Å². The van der Waals surface area contributed by atoms with E-state index in [-0.39, 0.29) is 29.7 Å². The summed E-state index contributed by atoms with van der Waals surface area (Å²) in [7, 11) is 0. The molecule has 0 spiro atoms. The number of aliphatic hydroxyl groups is 1. The summed E-state index contributed by atoms with van der Waals surface area (Å²) in [4.78, 5) is 16.7. The third kappa shape index (κ3) is 2.10. The first-order valence-corrected chi connectivity index (χ1v) is 6.43. The molecule has 0 radical (unpaired) electrons. The fourth-order valence-electron chi connectivity index (χ4n) is 3.28. The lowest BCUT2D eigenvalue weighted by molar-refractivity contribution is -0.384. The number of fused-ring (bicyclic) bond motifs is 2. The predicted molar refractivity (Wildman–Crippen MR) is 69.8 cm³/mol. The van der Waals surface area contributed by atoms with Gasteiger partial charge in [-0.1, -0.05) is 0 Å². The molecule has 0 aromatic carbocycles. The molecule has 0 aliphatic carbocycles. The van der Waals surface area contributed by atoms with E-state index >= 15 is 0 Å². The SMILES string of the molecule is Nc1cc([N+](=O)[O-])cc(N2C3CCC2CC(O)C3)n1. The first-order valence-electron chi connectivity index (χ1n) is 6.43. The van der Waals surface area contributed by atoms with E-state index in [0.717, 1.165) is 12.8 Å². The average Bonchev–Trinajstić information content (AvgIpc) is 2.61. The van der Waals surface area contributed by atoms with Gasteiger partial charge in [-0.15, -0.1) is 0 Å². The van der Waals surface area contributed by atoms with Gasteiger partial charge in [0.05, 0.1) is 23.2 Å². The Labute approximate surface area is 110 Å². The van der Waals surface area contributed by atoms with Crippen molar-refractivity contribution in [3.63, 3.8) is 0 Å². The molecule has 2 fully saturated rings. The van der Waals surface area contributed by atoms with Gasteiger partial charge in [-0.25, -0.2) is 4.98 Å². The largest absolute Gasteiger partial charge is 0.393 e. The summed E-state index contributed by atoms with van der Waals surface area (Å²) in [5.41, 5.74) is 5.62. The molecule has 2 aliphatic rings. The molecule has 0 saturated carbocycles. The molecule has 1 aromatic rings. The van der Waals surface area contributed by atoms with Crippen molar-refractivity contribution >= 4 is 17.3 Å². The summed E-state index contributed by atoms with van der Waals surface area (Å²) in [5, 5.41) is 20.7. The van der Waals surface area contributed by atoms with Crippen LogP contribution in [0.15, 0.2) is 12.1 Å². The van der Waals surface area contributed by atoms with E-state index in [2.05, 4.69) is 9.88 Å². The first-order chi connectivity index (χ1) is 9.04. The second-order valence-corrected chi connectivity index (χ2v) is 5.28. The van der Waals surface area contributed by atoms with Gasteiger partial charge in [-0.2, -0.15) is 0 Å². The van der Waals surface area contributed by atoms with Gasteiger partial charge < -0.3 is 15.7 Å². The summed E-state index contributed by atoms with van der Waals surface area (Å²) in [6.07, 6.45) is 3.10. The highest BCUT2D eigenvalue weighted by Gasteiger charge is 2.41. The maximum Gasteiger partial charge on any atom is 0.276 e. The van der Waals surface area contributed by atoms with E-state index in [4.69, 9.17) is 5.73 Å². The van der Waals surface area contributed by atoms with Crippen LogP contribution in [0.3, 0.4) is 0 Å². The molecule has 2 saturated heterocycles. The highest BCUT2D eigenvalue weighted by Crippen LogP contribution is 2.39. The Kier molecular flexibility index (Phi) is 2.78. The normalized spacial score (nSPS) is 29.5. The van der Waals surface area contributed by atoms with Crippen LogP contribution >= 0.6 is 0 Å². The molecule has 2 aliphatic heterocycles. The number of nitro groups is 1. The van der Waals surface area contributed by atoms with Crippen LogP contribution in [0.25, 0.3) is 0 Å². The summed E-state index contributed by atoms with van der Waals surface area (Å²) in [6.45, 7) is 0. The van der Waals surface area contributed by atoms with Crippen molar-refractivity contribution in [1.29, 1.82) is 0 Å². The monoisotopic (exact) mass is 264 g/mol. The minimum atomic E-state index is -0.456. The Bertz CT molecular complexity index is 508. The molecule has 1 aromatic heterocycles. The molecule has 2 unspecified atom stereocenters. The maximum absolute atomic E-state index is 10.9. The summed E-state index contributed by atoms with van der Waals surface area (Å²) in [6, 6.07) is 3.16. The highest BCUT2D eigenvalue weighted by molar-refractivity contribution is 5.56. The van der Waals surface area contributed by atoms with Crippen LogP contribution in [-0.2, 0) is 0 Å². The number of anilines is 2. The highest BCUT2D eigenvalue weighted by atomic mass is 16.6. The Morgan fingerprint density at radius 1 is 1.37 bits per heavy atom. The van der Waals surface area contributed by atoms with Crippen LogP contribution < -0.4 is 10.6 Å². The van der Waals surface area contributed by atoms with Crippen molar-refractivity contribution in [1.82, 2.24) is 4.98 Å². The zero-order valence-corrected chi connectivity index (χ0v) is 10.4. The van der Waals surface area contributed by atoms with Crippen molar-refractivity contribution < 1.29 is 10.0 Å². The topological polar surface area (TPSA) is 106 Å².